The first-order valence-electron chi connectivity index (χ1n) is 9.21. The second-order valence-corrected chi connectivity index (χ2v) is 8.27. The average Bonchev–Trinajstić information content (AvgIpc) is 2.44. The van der Waals surface area contributed by atoms with Crippen LogP contribution in [0.3, 0.4) is 0 Å². The molecule has 1 saturated heterocycles. The van der Waals surface area contributed by atoms with Gasteiger partial charge in [-0.2, -0.15) is 0 Å². The molecule has 2 N–H and O–H groups in total. The fourth-order valence-electron chi connectivity index (χ4n) is 3.88. The first-order chi connectivity index (χ1) is 10.8. The summed E-state index contributed by atoms with van der Waals surface area (Å²) in [6.45, 7) is 13.4. The largest absolute Gasteiger partial charge is 0.373 e. The zero-order chi connectivity index (χ0) is 17.0. The molecule has 5 heteroatoms. The van der Waals surface area contributed by atoms with Crippen molar-refractivity contribution in [2.75, 3.05) is 19.6 Å². The minimum absolute atomic E-state index is 0.0217. The number of nitrogens with one attached hydrogen (secondary N) is 2. The normalized spacial score (nSPS) is 33.3. The molecule has 1 heterocycles. The maximum atomic E-state index is 12.2. The van der Waals surface area contributed by atoms with Gasteiger partial charge in [0, 0.05) is 31.2 Å². The van der Waals surface area contributed by atoms with E-state index in [0.717, 1.165) is 31.8 Å². The van der Waals surface area contributed by atoms with Gasteiger partial charge >= 0.3 is 6.03 Å². The molecule has 4 atom stereocenters. The van der Waals surface area contributed by atoms with Gasteiger partial charge in [0.2, 0.25) is 0 Å². The molecule has 1 aliphatic carbocycles. The fourth-order valence-corrected chi connectivity index (χ4v) is 3.88. The zero-order valence-corrected chi connectivity index (χ0v) is 15.5. The van der Waals surface area contributed by atoms with E-state index < -0.39 is 0 Å². The van der Waals surface area contributed by atoms with E-state index >= 15 is 0 Å². The van der Waals surface area contributed by atoms with Crippen molar-refractivity contribution in [1.29, 1.82) is 0 Å². The van der Waals surface area contributed by atoms with Crippen LogP contribution in [0.25, 0.3) is 0 Å². The van der Waals surface area contributed by atoms with E-state index in [0.29, 0.717) is 12.6 Å². The molecule has 0 unspecified atom stereocenters. The third kappa shape index (κ3) is 5.64. The van der Waals surface area contributed by atoms with E-state index in [4.69, 9.17) is 4.74 Å². The number of amides is 2. The highest BCUT2D eigenvalue weighted by atomic mass is 16.5. The number of carbonyl (C=O) groups excluding carboxylic acids is 1. The number of morpholine rings is 1. The van der Waals surface area contributed by atoms with E-state index in [-0.39, 0.29) is 23.8 Å². The minimum Gasteiger partial charge on any atom is -0.373 e. The monoisotopic (exact) mass is 325 g/mol. The molecule has 23 heavy (non-hydrogen) atoms. The molecule has 2 fully saturated rings. The van der Waals surface area contributed by atoms with E-state index in [9.17, 15) is 4.79 Å². The van der Waals surface area contributed by atoms with Crippen molar-refractivity contribution in [2.45, 2.75) is 84.1 Å². The molecule has 0 bridgehead atoms. The van der Waals surface area contributed by atoms with Gasteiger partial charge in [0.25, 0.3) is 0 Å². The molecule has 5 nitrogen and oxygen atoms in total. The lowest BCUT2D eigenvalue weighted by Gasteiger charge is -2.45. The molecule has 1 aliphatic heterocycles. The van der Waals surface area contributed by atoms with Crippen LogP contribution >= 0.6 is 0 Å². The Labute approximate surface area is 141 Å². The number of carbonyl (C=O) groups is 1. The van der Waals surface area contributed by atoms with Crippen molar-refractivity contribution in [3.8, 4) is 0 Å². The predicted octanol–water partition coefficient (Wildman–Crippen LogP) is 2.75. The lowest BCUT2D eigenvalue weighted by Crippen LogP contribution is -2.59. The van der Waals surface area contributed by atoms with Crippen molar-refractivity contribution in [1.82, 2.24) is 15.5 Å². The number of hydrogen-bond acceptors (Lipinski definition) is 3. The molecule has 0 aromatic heterocycles. The standard InChI is InChI=1S/C18H35N3O2/c1-13-7-6-8-16(9-13)20-17(22)19-12-18(4,5)21-10-14(2)23-15(3)11-21/h13-16H,6-12H2,1-5H3,(H2,19,20,22)/t13-,14-,15+,16-/m1/s1. The molecular formula is C18H35N3O2. The van der Waals surface area contributed by atoms with Crippen molar-refractivity contribution in [3.05, 3.63) is 0 Å². The van der Waals surface area contributed by atoms with Crippen molar-refractivity contribution in [2.24, 2.45) is 5.92 Å². The van der Waals surface area contributed by atoms with Gasteiger partial charge in [0.15, 0.2) is 0 Å². The van der Waals surface area contributed by atoms with Gasteiger partial charge in [0.1, 0.15) is 0 Å². The van der Waals surface area contributed by atoms with Gasteiger partial charge in [-0.3, -0.25) is 4.90 Å². The van der Waals surface area contributed by atoms with Crippen molar-refractivity contribution >= 4 is 6.03 Å². The maximum absolute atomic E-state index is 12.2. The van der Waals surface area contributed by atoms with Gasteiger partial charge in [-0.1, -0.05) is 19.8 Å². The van der Waals surface area contributed by atoms with E-state index in [1.165, 1.54) is 12.8 Å². The molecule has 0 radical (unpaired) electrons. The molecule has 0 aromatic rings. The molecule has 0 aromatic carbocycles. The highest BCUT2D eigenvalue weighted by molar-refractivity contribution is 5.74. The highest BCUT2D eigenvalue weighted by Crippen LogP contribution is 2.23. The van der Waals surface area contributed by atoms with E-state index in [1.54, 1.807) is 0 Å². The van der Waals surface area contributed by atoms with Gasteiger partial charge < -0.3 is 15.4 Å². The Bertz CT molecular complexity index is 390. The minimum atomic E-state index is -0.0660. The Balaban J connectivity index is 1.77. The lowest BCUT2D eigenvalue weighted by atomic mass is 9.87. The van der Waals surface area contributed by atoms with Crippen LogP contribution in [0.4, 0.5) is 4.79 Å². The Morgan fingerprint density at radius 1 is 1.17 bits per heavy atom. The van der Waals surface area contributed by atoms with Crippen LogP contribution in [0.1, 0.15) is 60.3 Å². The number of ether oxygens (including phenoxy) is 1. The Kier molecular flexibility index (Phi) is 6.32. The molecule has 0 spiro atoms. The van der Waals surface area contributed by atoms with Gasteiger partial charge in [-0.05, 0) is 46.5 Å². The van der Waals surface area contributed by atoms with Crippen LogP contribution in [0.15, 0.2) is 0 Å². The lowest BCUT2D eigenvalue weighted by molar-refractivity contribution is -0.0947. The highest BCUT2D eigenvalue weighted by Gasteiger charge is 2.33. The van der Waals surface area contributed by atoms with Crippen LogP contribution in [-0.4, -0.2) is 54.4 Å². The third-order valence-electron chi connectivity index (χ3n) is 5.23. The summed E-state index contributed by atoms with van der Waals surface area (Å²) in [5.41, 5.74) is -0.0660. The molecule has 2 rings (SSSR count). The van der Waals surface area contributed by atoms with Gasteiger partial charge in [0.05, 0.1) is 12.2 Å². The van der Waals surface area contributed by atoms with Gasteiger partial charge in [-0.15, -0.1) is 0 Å². The Hall–Kier alpha value is -0.810. The van der Waals surface area contributed by atoms with Crippen LogP contribution < -0.4 is 10.6 Å². The summed E-state index contributed by atoms with van der Waals surface area (Å²) in [4.78, 5) is 14.6. The summed E-state index contributed by atoms with van der Waals surface area (Å²) < 4.78 is 5.81. The van der Waals surface area contributed by atoms with Crippen LogP contribution in [0.5, 0.6) is 0 Å². The molecule has 2 amide bonds. The molecule has 134 valence electrons. The number of rotatable bonds is 4. The third-order valence-corrected chi connectivity index (χ3v) is 5.23. The average molecular weight is 325 g/mol. The quantitative estimate of drug-likeness (QED) is 0.836. The van der Waals surface area contributed by atoms with E-state index in [2.05, 4.69) is 50.2 Å². The Morgan fingerprint density at radius 3 is 2.43 bits per heavy atom. The predicted molar refractivity (Wildman–Crippen MR) is 93.6 cm³/mol. The maximum Gasteiger partial charge on any atom is 0.315 e. The first kappa shape index (κ1) is 18.5. The second-order valence-electron chi connectivity index (χ2n) is 8.27. The first-order valence-corrected chi connectivity index (χ1v) is 9.21. The van der Waals surface area contributed by atoms with Crippen molar-refractivity contribution < 1.29 is 9.53 Å². The van der Waals surface area contributed by atoms with Crippen molar-refractivity contribution in [3.63, 3.8) is 0 Å². The summed E-state index contributed by atoms with van der Waals surface area (Å²) in [5, 5.41) is 6.23. The second kappa shape index (κ2) is 7.84. The topological polar surface area (TPSA) is 53.6 Å². The summed E-state index contributed by atoms with van der Waals surface area (Å²) >= 11 is 0. The number of urea groups is 1. The molecular weight excluding hydrogens is 290 g/mol. The van der Waals surface area contributed by atoms with E-state index in [1.807, 2.05) is 0 Å². The fraction of sp³-hybridized carbons (Fsp3) is 0.944. The molecule has 1 saturated carbocycles. The number of nitrogens with zero attached hydrogens (tertiary/aromatic N) is 1. The van der Waals surface area contributed by atoms with Crippen LogP contribution in [0, 0.1) is 5.92 Å². The molecule has 2 aliphatic rings. The summed E-state index contributed by atoms with van der Waals surface area (Å²) in [7, 11) is 0. The number of hydrogen-bond donors (Lipinski definition) is 2. The van der Waals surface area contributed by atoms with Gasteiger partial charge in [-0.25, -0.2) is 4.79 Å². The smallest absolute Gasteiger partial charge is 0.315 e. The summed E-state index contributed by atoms with van der Waals surface area (Å²) in [6.07, 6.45) is 5.22. The SMILES string of the molecule is C[C@@H]1CCC[C@@H](NC(=O)NCC(C)(C)N2C[C@@H](C)O[C@@H](C)C2)C1. The van der Waals surface area contributed by atoms with Crippen LogP contribution in [0.2, 0.25) is 0 Å². The summed E-state index contributed by atoms with van der Waals surface area (Å²) in [5.74, 6) is 0.724. The Morgan fingerprint density at radius 2 is 1.83 bits per heavy atom. The summed E-state index contributed by atoms with van der Waals surface area (Å²) in [6, 6.07) is 0.317. The van der Waals surface area contributed by atoms with Crippen LogP contribution in [-0.2, 0) is 4.74 Å². The zero-order valence-electron chi connectivity index (χ0n) is 15.5.